The van der Waals surface area contributed by atoms with Crippen LogP contribution in [0, 0.1) is 5.92 Å². The molecule has 3 aliphatic rings. The molecule has 4 N–H and O–H groups in total. The standard InChI is InChI=1S/C28H38N6O4/c1-28(38,21-6-7-21)27(37)34-12-9-22(10-13-34)32-25-14-24(30-18-31-25)26(36)29-15-23(35)17-33-11-8-19-4-2-3-5-20(19)16-33/h2-5,14,18,21-23,35,38H,6-13,15-17H2,1H3,(H,29,36)(H,30,31,32)/t23-,28?/m0/s1. The molecule has 5 rings (SSSR count). The van der Waals surface area contributed by atoms with Crippen molar-refractivity contribution in [2.45, 2.75) is 63.3 Å². The second kappa shape index (κ2) is 11.3. The molecule has 2 atom stereocenters. The normalized spacial score (nSPS) is 20.8. The van der Waals surface area contributed by atoms with E-state index in [2.05, 4.69) is 43.7 Å². The van der Waals surface area contributed by atoms with E-state index in [0.717, 1.165) is 45.2 Å². The molecule has 1 aromatic carbocycles. The van der Waals surface area contributed by atoms with Crippen molar-refractivity contribution in [3.05, 3.63) is 53.5 Å². The number of anilines is 1. The van der Waals surface area contributed by atoms with E-state index in [9.17, 15) is 19.8 Å². The van der Waals surface area contributed by atoms with E-state index in [1.54, 1.807) is 17.9 Å². The van der Waals surface area contributed by atoms with E-state index < -0.39 is 11.7 Å². The number of aliphatic hydroxyl groups is 2. The summed E-state index contributed by atoms with van der Waals surface area (Å²) in [5.41, 5.74) is 1.62. The van der Waals surface area contributed by atoms with Crippen LogP contribution in [-0.4, -0.2) is 92.3 Å². The molecule has 2 aliphatic heterocycles. The van der Waals surface area contributed by atoms with Gasteiger partial charge in [0.2, 0.25) is 0 Å². The number of likely N-dealkylation sites (tertiary alicyclic amines) is 1. The Balaban J connectivity index is 1.06. The van der Waals surface area contributed by atoms with Gasteiger partial charge in [0, 0.05) is 51.4 Å². The number of nitrogens with one attached hydrogen (secondary N) is 2. The molecule has 1 aliphatic carbocycles. The van der Waals surface area contributed by atoms with E-state index in [4.69, 9.17) is 0 Å². The molecule has 38 heavy (non-hydrogen) atoms. The van der Waals surface area contributed by atoms with Gasteiger partial charge < -0.3 is 25.7 Å². The Hall–Kier alpha value is -3.08. The summed E-state index contributed by atoms with van der Waals surface area (Å²) >= 11 is 0. The molecule has 2 amide bonds. The van der Waals surface area contributed by atoms with Gasteiger partial charge in [-0.3, -0.25) is 14.5 Å². The van der Waals surface area contributed by atoms with Crippen LogP contribution in [0.25, 0.3) is 0 Å². The van der Waals surface area contributed by atoms with Crippen LogP contribution in [0.15, 0.2) is 36.7 Å². The number of aliphatic hydroxyl groups excluding tert-OH is 1. The molecule has 204 valence electrons. The van der Waals surface area contributed by atoms with Crippen LogP contribution in [0.5, 0.6) is 0 Å². The summed E-state index contributed by atoms with van der Waals surface area (Å²) in [4.78, 5) is 37.7. The van der Waals surface area contributed by atoms with Gasteiger partial charge in [0.05, 0.1) is 6.10 Å². The maximum absolute atomic E-state index is 12.7. The summed E-state index contributed by atoms with van der Waals surface area (Å²) in [6, 6.07) is 10.1. The number of piperidine rings is 1. The molecule has 1 unspecified atom stereocenters. The Kier molecular flexibility index (Phi) is 7.92. The number of carbonyl (C=O) groups excluding carboxylic acids is 2. The largest absolute Gasteiger partial charge is 0.390 e. The summed E-state index contributed by atoms with van der Waals surface area (Å²) in [5.74, 6) is 0.0974. The molecule has 0 spiro atoms. The predicted molar refractivity (Wildman–Crippen MR) is 142 cm³/mol. The third kappa shape index (κ3) is 6.31. The number of amides is 2. The fourth-order valence-electron chi connectivity index (χ4n) is 5.51. The van der Waals surface area contributed by atoms with Gasteiger partial charge in [0.15, 0.2) is 0 Å². The number of hydrogen-bond acceptors (Lipinski definition) is 8. The lowest BCUT2D eigenvalue weighted by atomic mass is 9.96. The molecule has 1 saturated heterocycles. The maximum atomic E-state index is 12.7. The minimum absolute atomic E-state index is 0.0832. The molecule has 2 aromatic rings. The van der Waals surface area contributed by atoms with Crippen LogP contribution in [-0.2, 0) is 17.8 Å². The van der Waals surface area contributed by atoms with Crippen LogP contribution in [0.3, 0.4) is 0 Å². The quantitative estimate of drug-likeness (QED) is 0.386. The van der Waals surface area contributed by atoms with Gasteiger partial charge in [-0.2, -0.15) is 0 Å². The van der Waals surface area contributed by atoms with Crippen LogP contribution < -0.4 is 10.6 Å². The third-order valence-electron chi connectivity index (χ3n) is 8.02. The second-order valence-electron chi connectivity index (χ2n) is 11.0. The number of hydrogen-bond donors (Lipinski definition) is 4. The van der Waals surface area contributed by atoms with Gasteiger partial charge in [-0.1, -0.05) is 24.3 Å². The van der Waals surface area contributed by atoms with Crippen molar-refractivity contribution in [3.8, 4) is 0 Å². The van der Waals surface area contributed by atoms with Crippen LogP contribution in [0.4, 0.5) is 5.82 Å². The second-order valence-corrected chi connectivity index (χ2v) is 11.0. The van der Waals surface area contributed by atoms with E-state index in [1.807, 2.05) is 6.07 Å². The van der Waals surface area contributed by atoms with Crippen molar-refractivity contribution in [3.63, 3.8) is 0 Å². The lowest BCUT2D eigenvalue weighted by Gasteiger charge is -2.36. The minimum atomic E-state index is -1.26. The fourth-order valence-corrected chi connectivity index (χ4v) is 5.51. The molecular formula is C28H38N6O4. The van der Waals surface area contributed by atoms with Crippen molar-refractivity contribution in [2.24, 2.45) is 5.92 Å². The first-order chi connectivity index (χ1) is 18.3. The van der Waals surface area contributed by atoms with Crippen molar-refractivity contribution in [2.75, 3.05) is 38.0 Å². The molecular weight excluding hydrogens is 484 g/mol. The topological polar surface area (TPSA) is 131 Å². The average Bonchev–Trinajstić information content (AvgIpc) is 3.78. The molecule has 0 bridgehead atoms. The lowest BCUT2D eigenvalue weighted by Crippen LogP contribution is -2.52. The molecule has 10 heteroatoms. The number of nitrogens with zero attached hydrogens (tertiary/aromatic N) is 4. The van der Waals surface area contributed by atoms with Crippen molar-refractivity contribution < 1.29 is 19.8 Å². The third-order valence-corrected chi connectivity index (χ3v) is 8.02. The van der Waals surface area contributed by atoms with Gasteiger partial charge in [0.25, 0.3) is 11.8 Å². The minimum Gasteiger partial charge on any atom is -0.390 e. The van der Waals surface area contributed by atoms with Gasteiger partial charge in [0.1, 0.15) is 23.4 Å². The van der Waals surface area contributed by atoms with Crippen molar-refractivity contribution in [1.29, 1.82) is 0 Å². The number of β-amino-alcohol motifs (C(OH)–C–C–N with tert-alkyl or cyclic N) is 1. The molecule has 3 heterocycles. The smallest absolute Gasteiger partial charge is 0.270 e. The zero-order valence-electron chi connectivity index (χ0n) is 22.0. The van der Waals surface area contributed by atoms with Crippen molar-refractivity contribution >= 4 is 17.6 Å². The predicted octanol–water partition coefficient (Wildman–Crippen LogP) is 1.19. The number of benzene rings is 1. The van der Waals surface area contributed by atoms with E-state index in [1.165, 1.54) is 17.5 Å². The first-order valence-electron chi connectivity index (χ1n) is 13.7. The molecule has 10 nitrogen and oxygen atoms in total. The van der Waals surface area contributed by atoms with E-state index in [-0.39, 0.29) is 36.0 Å². The number of rotatable bonds is 9. The highest BCUT2D eigenvalue weighted by atomic mass is 16.3. The Labute approximate surface area is 223 Å². The van der Waals surface area contributed by atoms with Crippen LogP contribution in [0.2, 0.25) is 0 Å². The highest BCUT2D eigenvalue weighted by molar-refractivity contribution is 5.92. The molecule has 2 fully saturated rings. The zero-order valence-corrected chi connectivity index (χ0v) is 22.0. The Morgan fingerprint density at radius 1 is 1.11 bits per heavy atom. The highest BCUT2D eigenvalue weighted by Gasteiger charge is 2.47. The zero-order chi connectivity index (χ0) is 26.7. The Bertz CT molecular complexity index is 1150. The van der Waals surface area contributed by atoms with Gasteiger partial charge >= 0.3 is 0 Å². The molecule has 0 radical (unpaired) electrons. The van der Waals surface area contributed by atoms with Gasteiger partial charge in [-0.25, -0.2) is 9.97 Å². The van der Waals surface area contributed by atoms with Crippen LogP contribution >= 0.6 is 0 Å². The first-order valence-corrected chi connectivity index (χ1v) is 13.7. The number of aromatic nitrogens is 2. The number of fused-ring (bicyclic) bond motifs is 1. The average molecular weight is 523 g/mol. The number of carbonyl (C=O) groups is 2. The van der Waals surface area contributed by atoms with Crippen molar-refractivity contribution in [1.82, 2.24) is 25.1 Å². The summed E-state index contributed by atoms with van der Waals surface area (Å²) in [7, 11) is 0. The Morgan fingerprint density at radius 3 is 2.58 bits per heavy atom. The van der Waals surface area contributed by atoms with Gasteiger partial charge in [-0.05, 0) is 56.1 Å². The lowest BCUT2D eigenvalue weighted by molar-refractivity contribution is -0.152. The van der Waals surface area contributed by atoms with Gasteiger partial charge in [-0.15, -0.1) is 0 Å². The fraction of sp³-hybridized carbons (Fsp3) is 0.571. The monoisotopic (exact) mass is 522 g/mol. The summed E-state index contributed by atoms with van der Waals surface area (Å²) in [6.07, 6.45) is 4.90. The molecule has 1 saturated carbocycles. The first kappa shape index (κ1) is 26.5. The highest BCUT2D eigenvalue weighted by Crippen LogP contribution is 2.40. The SMILES string of the molecule is CC(O)(C(=O)N1CCC(Nc2cc(C(=O)NC[C@H](O)CN3CCc4ccccc4C3)ncn2)CC1)C1CC1. The molecule has 1 aromatic heterocycles. The summed E-state index contributed by atoms with van der Waals surface area (Å²) < 4.78 is 0. The van der Waals surface area contributed by atoms with E-state index in [0.29, 0.717) is 25.5 Å². The van der Waals surface area contributed by atoms with E-state index >= 15 is 0 Å². The maximum Gasteiger partial charge on any atom is 0.270 e. The summed E-state index contributed by atoms with van der Waals surface area (Å²) in [6.45, 7) is 5.08. The Morgan fingerprint density at radius 2 is 1.84 bits per heavy atom. The van der Waals surface area contributed by atoms with Crippen LogP contribution in [0.1, 0.15) is 54.2 Å². The summed E-state index contributed by atoms with van der Waals surface area (Å²) in [5, 5.41) is 27.2.